The molecule has 1 aromatic heterocycles. The van der Waals surface area contributed by atoms with E-state index in [2.05, 4.69) is 20.6 Å². The summed E-state index contributed by atoms with van der Waals surface area (Å²) in [4.78, 5) is 3.93. The van der Waals surface area contributed by atoms with Crippen LogP contribution in [0.4, 0.5) is 5.69 Å². The second kappa shape index (κ2) is 4.03. The highest BCUT2D eigenvalue weighted by molar-refractivity contribution is 6.34. The van der Waals surface area contributed by atoms with Gasteiger partial charge in [0.15, 0.2) is 6.17 Å². The number of rotatable bonds is 2. The largest absolute Gasteiger partial charge is 0.303 e. The average Bonchev–Trinajstić information content (AvgIpc) is 2.59. The van der Waals surface area contributed by atoms with Gasteiger partial charge in [-0.15, -0.1) is 0 Å². The van der Waals surface area contributed by atoms with Crippen LogP contribution in [0.2, 0.25) is 0 Å². The van der Waals surface area contributed by atoms with Crippen LogP contribution in [0.25, 0.3) is 0 Å². The normalized spacial score (nSPS) is 22.4. The summed E-state index contributed by atoms with van der Waals surface area (Å²) in [7, 11) is 0. The lowest BCUT2D eigenvalue weighted by atomic mass is 10.3. The van der Waals surface area contributed by atoms with Crippen molar-refractivity contribution in [2.75, 3.05) is 5.43 Å². The Hall–Kier alpha value is -1.99. The summed E-state index contributed by atoms with van der Waals surface area (Å²) in [6.07, 6.45) is 4.34. The molecule has 7 heteroatoms. The summed E-state index contributed by atoms with van der Waals surface area (Å²) in [5, 5.41) is 8.98. The molecule has 15 heavy (non-hydrogen) atoms. The Balaban J connectivity index is 2.04. The molecule has 0 aliphatic carbocycles. The lowest BCUT2D eigenvalue weighted by Crippen LogP contribution is -2.44. The maximum absolute atomic E-state index is 5.68. The van der Waals surface area contributed by atoms with Crippen LogP contribution in [0.15, 0.2) is 34.7 Å². The summed E-state index contributed by atoms with van der Waals surface area (Å²) < 4.78 is 0. The number of hydrogen-bond donors (Lipinski definition) is 3. The van der Waals surface area contributed by atoms with Crippen molar-refractivity contribution in [1.29, 1.82) is 0 Å². The Morgan fingerprint density at radius 3 is 3.00 bits per heavy atom. The molecule has 0 radical (unpaired) electrons. The van der Waals surface area contributed by atoms with Crippen LogP contribution < -0.4 is 17.0 Å². The third kappa shape index (κ3) is 2.09. The second-order valence-electron chi connectivity index (χ2n) is 2.96. The van der Waals surface area contributed by atoms with Crippen LogP contribution >= 0.6 is 0 Å². The minimum absolute atomic E-state index is 0.505. The molecule has 7 nitrogen and oxygen atoms in total. The van der Waals surface area contributed by atoms with Crippen molar-refractivity contribution in [3.05, 3.63) is 24.5 Å². The number of pyridine rings is 1. The van der Waals surface area contributed by atoms with Gasteiger partial charge < -0.3 is 5.73 Å². The Morgan fingerprint density at radius 2 is 2.40 bits per heavy atom. The van der Waals surface area contributed by atoms with E-state index in [1.54, 1.807) is 18.5 Å². The summed E-state index contributed by atoms with van der Waals surface area (Å²) in [5.74, 6) is 5.43. The van der Waals surface area contributed by atoms with Gasteiger partial charge in [-0.1, -0.05) is 0 Å². The first kappa shape index (κ1) is 9.56. The van der Waals surface area contributed by atoms with Gasteiger partial charge in [0.05, 0.1) is 18.1 Å². The Morgan fingerprint density at radius 1 is 1.53 bits per heavy atom. The quantitative estimate of drug-likeness (QED) is 0.438. The van der Waals surface area contributed by atoms with E-state index in [1.807, 2.05) is 6.07 Å². The van der Waals surface area contributed by atoms with E-state index in [0.717, 1.165) is 10.8 Å². The van der Waals surface area contributed by atoms with Crippen LogP contribution in [0.1, 0.15) is 0 Å². The maximum Gasteiger partial charge on any atom is 0.157 e. The zero-order valence-electron chi connectivity index (χ0n) is 7.91. The molecule has 2 heterocycles. The molecule has 1 unspecified atom stereocenters. The highest BCUT2D eigenvalue weighted by Crippen LogP contribution is 2.04. The zero-order chi connectivity index (χ0) is 10.7. The predicted octanol–water partition coefficient (Wildman–Crippen LogP) is -0.691. The van der Waals surface area contributed by atoms with Crippen LogP contribution in [-0.4, -0.2) is 28.2 Å². The Kier molecular flexibility index (Phi) is 2.57. The molecule has 2 rings (SSSR count). The molecule has 0 spiro atoms. The molecule has 0 aromatic carbocycles. The number of hydrazine groups is 1. The molecule has 0 saturated carbocycles. The minimum atomic E-state index is -0.505. The van der Waals surface area contributed by atoms with Gasteiger partial charge in [-0.25, -0.2) is 11.0 Å². The van der Waals surface area contributed by atoms with Gasteiger partial charge in [-0.2, -0.15) is 10.2 Å². The number of nitrogens with one attached hydrogen (secondary N) is 1. The fourth-order valence-electron chi connectivity index (χ4n) is 1.06. The topological polar surface area (TPSA) is 105 Å². The first-order valence-corrected chi connectivity index (χ1v) is 4.34. The summed E-state index contributed by atoms with van der Waals surface area (Å²) in [5.41, 5.74) is 9.84. The molecule has 0 saturated heterocycles. The van der Waals surface area contributed by atoms with Gasteiger partial charge in [-0.3, -0.25) is 10.4 Å². The second-order valence-corrected chi connectivity index (χ2v) is 2.96. The lowest BCUT2D eigenvalue weighted by Gasteiger charge is -2.12. The van der Waals surface area contributed by atoms with Gasteiger partial charge in [0.25, 0.3) is 0 Å². The summed E-state index contributed by atoms with van der Waals surface area (Å²) >= 11 is 0. The maximum atomic E-state index is 5.68. The number of hydrogen-bond acceptors (Lipinski definition) is 7. The van der Waals surface area contributed by atoms with Gasteiger partial charge in [-0.05, 0) is 12.1 Å². The molecular weight excluding hydrogens is 194 g/mol. The molecule has 78 valence electrons. The van der Waals surface area contributed by atoms with Crippen molar-refractivity contribution in [2.24, 2.45) is 21.8 Å². The third-order valence-electron chi connectivity index (χ3n) is 1.89. The number of aromatic nitrogens is 1. The van der Waals surface area contributed by atoms with Gasteiger partial charge in [0.2, 0.25) is 0 Å². The first-order valence-electron chi connectivity index (χ1n) is 4.34. The van der Waals surface area contributed by atoms with E-state index < -0.39 is 6.17 Å². The van der Waals surface area contributed by atoms with E-state index in [0.29, 0.717) is 5.71 Å². The number of nitrogens with zero attached hydrogens (tertiary/aromatic N) is 4. The Labute approximate surface area is 86.4 Å². The highest BCUT2D eigenvalue weighted by atomic mass is 15.7. The summed E-state index contributed by atoms with van der Waals surface area (Å²) in [6.45, 7) is 0. The van der Waals surface area contributed by atoms with Crippen molar-refractivity contribution in [2.45, 2.75) is 6.17 Å². The lowest BCUT2D eigenvalue weighted by molar-refractivity contribution is 0.280. The standard InChI is InChI=1S/C8H11N7/c9-8-7(5-12-15(8)10)14-13-6-2-1-3-11-4-6/h1-5,8,13H,9-10H2. The smallest absolute Gasteiger partial charge is 0.157 e. The molecule has 0 fully saturated rings. The van der Waals surface area contributed by atoms with E-state index >= 15 is 0 Å². The van der Waals surface area contributed by atoms with Crippen molar-refractivity contribution in [3.8, 4) is 0 Å². The van der Waals surface area contributed by atoms with Crippen LogP contribution in [0, 0.1) is 0 Å². The molecular formula is C8H11N7. The van der Waals surface area contributed by atoms with E-state index in [-0.39, 0.29) is 0 Å². The number of anilines is 1. The molecule has 0 amide bonds. The molecule has 1 atom stereocenters. The van der Waals surface area contributed by atoms with Crippen LogP contribution in [-0.2, 0) is 0 Å². The monoisotopic (exact) mass is 205 g/mol. The van der Waals surface area contributed by atoms with Gasteiger partial charge in [0.1, 0.15) is 5.71 Å². The van der Waals surface area contributed by atoms with Crippen molar-refractivity contribution in [1.82, 2.24) is 10.1 Å². The van der Waals surface area contributed by atoms with E-state index in [4.69, 9.17) is 11.6 Å². The van der Waals surface area contributed by atoms with Crippen molar-refractivity contribution >= 4 is 17.6 Å². The van der Waals surface area contributed by atoms with E-state index in [1.165, 1.54) is 6.21 Å². The molecule has 5 N–H and O–H groups in total. The predicted molar refractivity (Wildman–Crippen MR) is 57.8 cm³/mol. The van der Waals surface area contributed by atoms with Crippen LogP contribution in [0.3, 0.4) is 0 Å². The molecule has 1 aliphatic rings. The van der Waals surface area contributed by atoms with Crippen molar-refractivity contribution < 1.29 is 0 Å². The third-order valence-corrected chi connectivity index (χ3v) is 1.89. The highest BCUT2D eigenvalue weighted by Gasteiger charge is 2.20. The van der Waals surface area contributed by atoms with Gasteiger partial charge in [0, 0.05) is 6.20 Å². The summed E-state index contributed by atoms with van der Waals surface area (Å²) in [6, 6.07) is 3.65. The molecule has 0 bridgehead atoms. The minimum Gasteiger partial charge on any atom is -0.303 e. The number of hydrazone groups is 2. The number of nitrogens with two attached hydrogens (primary N) is 2. The average molecular weight is 205 g/mol. The van der Waals surface area contributed by atoms with E-state index in [9.17, 15) is 0 Å². The van der Waals surface area contributed by atoms with Crippen molar-refractivity contribution in [3.63, 3.8) is 0 Å². The SMILES string of the molecule is NC1C(=NNc2cccnc2)C=NN1N. The van der Waals surface area contributed by atoms with Crippen LogP contribution in [0.5, 0.6) is 0 Å². The molecule has 1 aromatic rings. The van der Waals surface area contributed by atoms with Gasteiger partial charge >= 0.3 is 0 Å². The Bertz CT molecular complexity index is 385. The molecule has 1 aliphatic heterocycles. The fraction of sp³-hybridized carbons (Fsp3) is 0.125. The zero-order valence-corrected chi connectivity index (χ0v) is 7.91. The first-order chi connectivity index (χ1) is 7.27. The fourth-order valence-corrected chi connectivity index (χ4v) is 1.06.